The topological polar surface area (TPSA) is 87.5 Å². The zero-order valence-corrected chi connectivity index (χ0v) is 13.8. The number of nitrogens with zero attached hydrogens (tertiary/aromatic N) is 4. The third kappa shape index (κ3) is 2.76. The van der Waals surface area contributed by atoms with Gasteiger partial charge in [0.2, 0.25) is 0 Å². The van der Waals surface area contributed by atoms with E-state index in [1.807, 2.05) is 0 Å². The van der Waals surface area contributed by atoms with Crippen LogP contribution >= 0.6 is 23.2 Å². The van der Waals surface area contributed by atoms with Crippen LogP contribution in [0.25, 0.3) is 10.4 Å². The second-order valence-electron chi connectivity index (χ2n) is 5.47. The summed E-state index contributed by atoms with van der Waals surface area (Å²) in [5, 5.41) is 4.41. The van der Waals surface area contributed by atoms with E-state index < -0.39 is 12.2 Å². The monoisotopic (exact) mass is 356 g/mol. The van der Waals surface area contributed by atoms with Gasteiger partial charge < -0.3 is 14.4 Å². The SMILES string of the molecule is COc1ccc(Cl)c(Cl)c1[C@H]1C[C@H]2C(CN=[N+]=[N-])OC(=O)N2C1. The average molecular weight is 357 g/mol. The van der Waals surface area contributed by atoms with Crippen LogP contribution in [-0.2, 0) is 4.74 Å². The number of carbonyl (C=O) groups is 1. The molecule has 0 spiro atoms. The third-order valence-corrected chi connectivity index (χ3v) is 5.12. The molecule has 1 unspecified atom stereocenters. The summed E-state index contributed by atoms with van der Waals surface area (Å²) >= 11 is 12.5. The van der Waals surface area contributed by atoms with Crippen LogP contribution in [0.15, 0.2) is 17.2 Å². The summed E-state index contributed by atoms with van der Waals surface area (Å²) in [4.78, 5) is 16.4. The molecule has 2 saturated heterocycles. The second-order valence-corrected chi connectivity index (χ2v) is 6.25. The maximum atomic E-state index is 12.0. The van der Waals surface area contributed by atoms with E-state index in [0.29, 0.717) is 28.8 Å². The van der Waals surface area contributed by atoms with E-state index in [1.165, 1.54) is 0 Å². The molecule has 2 aliphatic heterocycles. The fourth-order valence-electron chi connectivity index (χ4n) is 3.30. The molecule has 2 heterocycles. The van der Waals surface area contributed by atoms with Crippen molar-refractivity contribution in [2.75, 3.05) is 20.2 Å². The summed E-state index contributed by atoms with van der Waals surface area (Å²) in [6.07, 6.45) is -0.187. The summed E-state index contributed by atoms with van der Waals surface area (Å²) < 4.78 is 10.6. The first-order valence-electron chi connectivity index (χ1n) is 7.06. The van der Waals surface area contributed by atoms with Crippen LogP contribution in [0.3, 0.4) is 0 Å². The Labute approximate surface area is 142 Å². The van der Waals surface area contributed by atoms with E-state index in [1.54, 1.807) is 24.1 Å². The minimum atomic E-state index is -0.438. The molecule has 2 aliphatic rings. The van der Waals surface area contributed by atoms with Gasteiger partial charge in [-0.3, -0.25) is 0 Å². The molecule has 2 fully saturated rings. The maximum Gasteiger partial charge on any atom is 0.410 e. The number of cyclic esters (lactones) is 1. The fourth-order valence-corrected chi connectivity index (χ4v) is 3.77. The predicted octanol–water partition coefficient (Wildman–Crippen LogP) is 3.99. The van der Waals surface area contributed by atoms with Crippen molar-refractivity contribution in [1.82, 2.24) is 4.90 Å². The number of azide groups is 1. The molecule has 3 atom stereocenters. The minimum absolute atomic E-state index is 0.0115. The van der Waals surface area contributed by atoms with Crippen molar-refractivity contribution in [1.29, 1.82) is 0 Å². The van der Waals surface area contributed by atoms with E-state index in [-0.39, 0.29) is 18.5 Å². The first-order chi connectivity index (χ1) is 11.1. The van der Waals surface area contributed by atoms with Crippen LogP contribution in [0.4, 0.5) is 4.79 Å². The van der Waals surface area contributed by atoms with Gasteiger partial charge in [-0.25, -0.2) is 4.79 Å². The van der Waals surface area contributed by atoms with Gasteiger partial charge in [-0.05, 0) is 24.1 Å². The van der Waals surface area contributed by atoms with Crippen molar-refractivity contribution in [2.24, 2.45) is 5.11 Å². The molecule has 1 aromatic rings. The highest BCUT2D eigenvalue weighted by Gasteiger charge is 2.48. The molecule has 23 heavy (non-hydrogen) atoms. The van der Waals surface area contributed by atoms with Crippen molar-refractivity contribution in [2.45, 2.75) is 24.5 Å². The summed E-state index contributed by atoms with van der Waals surface area (Å²) in [5.41, 5.74) is 9.25. The largest absolute Gasteiger partial charge is 0.496 e. The summed E-state index contributed by atoms with van der Waals surface area (Å²) in [5.74, 6) is 0.633. The van der Waals surface area contributed by atoms with Crippen molar-refractivity contribution in [3.05, 3.63) is 38.2 Å². The summed E-state index contributed by atoms with van der Waals surface area (Å²) in [6.45, 7) is 0.587. The molecule has 122 valence electrons. The van der Waals surface area contributed by atoms with Gasteiger partial charge in [0.25, 0.3) is 0 Å². The number of benzene rings is 1. The standard InChI is InChI=1S/C14H14Cl2N4O3/c1-22-10-3-2-8(15)13(16)12(10)7-4-9-11(5-18-19-17)23-14(21)20(9)6-7/h2-3,7,9,11H,4-6H2,1H3/t7-,9-,11?/m0/s1. The van der Waals surface area contributed by atoms with Gasteiger partial charge in [0.05, 0.1) is 29.7 Å². The number of methoxy groups -OCH3 is 1. The van der Waals surface area contributed by atoms with Gasteiger partial charge in [-0.2, -0.15) is 0 Å². The number of halogens is 2. The van der Waals surface area contributed by atoms with E-state index >= 15 is 0 Å². The summed E-state index contributed by atoms with van der Waals surface area (Å²) in [6, 6.07) is 3.31. The third-order valence-electron chi connectivity index (χ3n) is 4.30. The molecular formula is C14H14Cl2N4O3. The highest BCUT2D eigenvalue weighted by atomic mass is 35.5. The molecule has 0 saturated carbocycles. The molecule has 0 aliphatic carbocycles. The quantitative estimate of drug-likeness (QED) is 0.464. The molecule has 1 aromatic carbocycles. The van der Waals surface area contributed by atoms with E-state index in [2.05, 4.69) is 10.0 Å². The first-order valence-corrected chi connectivity index (χ1v) is 7.82. The van der Waals surface area contributed by atoms with Gasteiger partial charge in [0.15, 0.2) is 0 Å². The lowest BCUT2D eigenvalue weighted by Gasteiger charge is -2.18. The van der Waals surface area contributed by atoms with Crippen LogP contribution < -0.4 is 4.74 Å². The van der Waals surface area contributed by atoms with Crippen molar-refractivity contribution < 1.29 is 14.3 Å². The molecule has 9 heteroatoms. The lowest BCUT2D eigenvalue weighted by molar-refractivity contribution is 0.128. The summed E-state index contributed by atoms with van der Waals surface area (Å²) in [7, 11) is 1.57. The van der Waals surface area contributed by atoms with Crippen LogP contribution in [-0.4, -0.2) is 43.3 Å². The van der Waals surface area contributed by atoms with Crippen LogP contribution in [0.2, 0.25) is 10.0 Å². The number of amides is 1. The zero-order chi connectivity index (χ0) is 16.6. The van der Waals surface area contributed by atoms with Gasteiger partial charge in [-0.1, -0.05) is 28.3 Å². The van der Waals surface area contributed by atoms with Crippen molar-refractivity contribution in [3.63, 3.8) is 0 Å². The van der Waals surface area contributed by atoms with Gasteiger partial charge in [-0.15, -0.1) is 0 Å². The van der Waals surface area contributed by atoms with Gasteiger partial charge in [0, 0.05) is 22.9 Å². The number of hydrogen-bond donors (Lipinski definition) is 0. The van der Waals surface area contributed by atoms with Crippen molar-refractivity contribution >= 4 is 29.3 Å². The van der Waals surface area contributed by atoms with Crippen LogP contribution in [0, 0.1) is 0 Å². The Hall–Kier alpha value is -1.82. The second kappa shape index (κ2) is 6.35. The number of ether oxygens (including phenoxy) is 2. The Morgan fingerprint density at radius 1 is 1.52 bits per heavy atom. The zero-order valence-electron chi connectivity index (χ0n) is 12.3. The van der Waals surface area contributed by atoms with Crippen LogP contribution in [0.5, 0.6) is 5.75 Å². The Bertz CT molecular complexity index is 691. The predicted molar refractivity (Wildman–Crippen MR) is 85.1 cm³/mol. The van der Waals surface area contributed by atoms with E-state index in [9.17, 15) is 4.79 Å². The Morgan fingerprint density at radius 3 is 3.00 bits per heavy atom. The molecule has 0 aromatic heterocycles. The molecule has 0 N–H and O–H groups in total. The minimum Gasteiger partial charge on any atom is -0.496 e. The maximum absolute atomic E-state index is 12.0. The normalized spacial score (nSPS) is 25.8. The highest BCUT2D eigenvalue weighted by Crippen LogP contribution is 2.45. The van der Waals surface area contributed by atoms with E-state index in [4.69, 9.17) is 38.2 Å². The molecular weight excluding hydrogens is 343 g/mol. The lowest BCUT2D eigenvalue weighted by atomic mass is 9.93. The molecule has 3 rings (SSSR count). The molecule has 0 radical (unpaired) electrons. The van der Waals surface area contributed by atoms with Crippen molar-refractivity contribution in [3.8, 4) is 5.75 Å². The average Bonchev–Trinajstić information content (AvgIpc) is 3.09. The smallest absolute Gasteiger partial charge is 0.410 e. The Balaban J connectivity index is 1.89. The van der Waals surface area contributed by atoms with Crippen LogP contribution in [0.1, 0.15) is 17.9 Å². The Morgan fingerprint density at radius 2 is 2.30 bits per heavy atom. The highest BCUT2D eigenvalue weighted by molar-refractivity contribution is 6.42. The molecule has 1 amide bonds. The molecule has 0 bridgehead atoms. The number of fused-ring (bicyclic) bond motifs is 1. The number of carbonyl (C=O) groups excluding carboxylic acids is 1. The Kier molecular flexibility index (Phi) is 4.43. The first kappa shape index (κ1) is 16.1. The van der Waals surface area contributed by atoms with Gasteiger partial charge in [0.1, 0.15) is 11.9 Å². The fraction of sp³-hybridized carbons (Fsp3) is 0.500. The number of hydrogen-bond acceptors (Lipinski definition) is 4. The lowest BCUT2D eigenvalue weighted by Crippen LogP contribution is -2.31. The van der Waals surface area contributed by atoms with E-state index in [0.717, 1.165) is 5.56 Å². The van der Waals surface area contributed by atoms with Gasteiger partial charge >= 0.3 is 6.09 Å². The number of rotatable bonds is 4. The molecule has 7 nitrogen and oxygen atoms in total.